The van der Waals surface area contributed by atoms with Gasteiger partial charge in [-0.05, 0) is 38.0 Å². The number of rotatable bonds is 8. The molecular formula is C21H32N6OS. The number of ether oxygens (including phenoxy) is 1. The highest BCUT2D eigenvalue weighted by Gasteiger charge is 2.18. The smallest absolute Gasteiger partial charge is 0.191 e. The number of pyridine rings is 1. The van der Waals surface area contributed by atoms with Crippen LogP contribution < -0.4 is 15.5 Å². The van der Waals surface area contributed by atoms with Crippen molar-refractivity contribution in [2.45, 2.75) is 46.3 Å². The molecule has 7 nitrogen and oxygen atoms in total. The van der Waals surface area contributed by atoms with Gasteiger partial charge in [-0.25, -0.2) is 15.0 Å². The molecule has 0 aromatic carbocycles. The topological polar surface area (TPSA) is 74.7 Å². The van der Waals surface area contributed by atoms with Crippen molar-refractivity contribution in [1.29, 1.82) is 0 Å². The normalized spacial score (nSPS) is 17.4. The summed E-state index contributed by atoms with van der Waals surface area (Å²) in [5.74, 6) is 1.83. The first kappa shape index (κ1) is 21.5. The summed E-state index contributed by atoms with van der Waals surface area (Å²) < 4.78 is 5.63. The van der Waals surface area contributed by atoms with E-state index in [1.54, 1.807) is 11.3 Å². The highest BCUT2D eigenvalue weighted by atomic mass is 32.1. The Labute approximate surface area is 177 Å². The molecule has 3 rings (SSSR count). The summed E-state index contributed by atoms with van der Waals surface area (Å²) in [5.41, 5.74) is 1.15. The first-order valence-electron chi connectivity index (χ1n) is 10.4. The Morgan fingerprint density at radius 1 is 1.34 bits per heavy atom. The number of guanidine groups is 1. The highest BCUT2D eigenvalue weighted by Crippen LogP contribution is 2.17. The molecule has 1 fully saturated rings. The molecule has 1 aliphatic heterocycles. The number of aromatic nitrogens is 2. The first-order chi connectivity index (χ1) is 14.2. The Morgan fingerprint density at radius 3 is 3.00 bits per heavy atom. The van der Waals surface area contributed by atoms with Gasteiger partial charge in [-0.2, -0.15) is 0 Å². The quantitative estimate of drug-likeness (QED) is 0.509. The van der Waals surface area contributed by atoms with E-state index in [0.29, 0.717) is 6.54 Å². The number of hydrogen-bond donors (Lipinski definition) is 2. The van der Waals surface area contributed by atoms with Crippen molar-refractivity contribution in [3.8, 4) is 0 Å². The van der Waals surface area contributed by atoms with Crippen LogP contribution >= 0.6 is 11.3 Å². The molecule has 2 N–H and O–H groups in total. The predicted molar refractivity (Wildman–Crippen MR) is 120 cm³/mol. The number of anilines is 1. The lowest BCUT2D eigenvalue weighted by molar-refractivity contribution is 0.0529. The minimum atomic E-state index is 0.239. The van der Waals surface area contributed by atoms with Gasteiger partial charge in [0, 0.05) is 49.9 Å². The summed E-state index contributed by atoms with van der Waals surface area (Å²) in [6.45, 7) is 11.1. The van der Waals surface area contributed by atoms with Gasteiger partial charge in [-0.3, -0.25) is 0 Å². The summed E-state index contributed by atoms with van der Waals surface area (Å²) in [6, 6.07) is 4.16. The Balaban J connectivity index is 1.55. The van der Waals surface area contributed by atoms with Crippen molar-refractivity contribution in [1.82, 2.24) is 20.6 Å². The average Bonchev–Trinajstić information content (AvgIpc) is 3.20. The molecule has 0 radical (unpaired) electrons. The molecule has 29 heavy (non-hydrogen) atoms. The van der Waals surface area contributed by atoms with Gasteiger partial charge in [0.1, 0.15) is 5.82 Å². The van der Waals surface area contributed by atoms with Gasteiger partial charge >= 0.3 is 0 Å². The van der Waals surface area contributed by atoms with Crippen molar-refractivity contribution in [3.63, 3.8) is 0 Å². The van der Waals surface area contributed by atoms with Crippen LogP contribution in [0.2, 0.25) is 0 Å². The average molecular weight is 417 g/mol. The molecule has 0 amide bonds. The summed E-state index contributed by atoms with van der Waals surface area (Å²) in [6.07, 6.45) is 6.04. The van der Waals surface area contributed by atoms with Crippen molar-refractivity contribution in [3.05, 3.63) is 40.0 Å². The van der Waals surface area contributed by atoms with E-state index in [-0.39, 0.29) is 6.10 Å². The standard InChI is InChI=1S/C21H32N6OS/c1-4-18-14-25-20(29-18)7-9-24-21(22-5-2)26-13-17-6-8-23-19(12-17)27-10-11-28-16(3)15-27/h6,8,12,14,16H,4-5,7,9-11,13,15H2,1-3H3,(H2,22,24,26). The zero-order chi connectivity index (χ0) is 20.5. The number of nitrogens with one attached hydrogen (secondary N) is 2. The molecule has 2 aromatic heterocycles. The monoisotopic (exact) mass is 416 g/mol. The maximum atomic E-state index is 5.63. The second kappa shape index (κ2) is 11.1. The van der Waals surface area contributed by atoms with E-state index in [1.807, 2.05) is 18.5 Å². The van der Waals surface area contributed by atoms with Crippen LogP contribution in [0.1, 0.15) is 36.2 Å². The zero-order valence-electron chi connectivity index (χ0n) is 17.6. The Kier molecular flexibility index (Phi) is 8.25. The van der Waals surface area contributed by atoms with Crippen LogP contribution in [0, 0.1) is 0 Å². The molecule has 0 spiro atoms. The lowest BCUT2D eigenvalue weighted by Gasteiger charge is -2.32. The lowest BCUT2D eigenvalue weighted by Crippen LogP contribution is -2.41. The van der Waals surface area contributed by atoms with Crippen LogP contribution in [0.4, 0.5) is 5.82 Å². The highest BCUT2D eigenvalue weighted by molar-refractivity contribution is 7.11. The van der Waals surface area contributed by atoms with Crippen LogP contribution in [0.3, 0.4) is 0 Å². The summed E-state index contributed by atoms with van der Waals surface area (Å²) in [5, 5.41) is 7.90. The maximum absolute atomic E-state index is 5.63. The third-order valence-corrected chi connectivity index (χ3v) is 5.92. The number of hydrogen-bond acceptors (Lipinski definition) is 6. The Hall–Kier alpha value is -2.19. The SMILES string of the molecule is CCNC(=NCc1ccnc(N2CCOC(C)C2)c1)NCCc1ncc(CC)s1. The second-order valence-electron chi connectivity index (χ2n) is 7.10. The fourth-order valence-electron chi connectivity index (χ4n) is 3.19. The van der Waals surface area contributed by atoms with E-state index in [1.165, 1.54) is 9.88 Å². The third-order valence-electron chi connectivity index (χ3n) is 4.72. The third kappa shape index (κ3) is 6.68. The summed E-state index contributed by atoms with van der Waals surface area (Å²) >= 11 is 1.79. The van der Waals surface area contributed by atoms with Crippen molar-refractivity contribution < 1.29 is 4.74 Å². The fourth-order valence-corrected chi connectivity index (χ4v) is 4.05. The van der Waals surface area contributed by atoms with E-state index in [9.17, 15) is 0 Å². The van der Waals surface area contributed by atoms with Crippen LogP contribution in [0.15, 0.2) is 29.5 Å². The van der Waals surface area contributed by atoms with E-state index in [0.717, 1.165) is 63.0 Å². The van der Waals surface area contributed by atoms with Crippen molar-refractivity contribution >= 4 is 23.1 Å². The summed E-state index contributed by atoms with van der Waals surface area (Å²) in [4.78, 5) is 17.4. The van der Waals surface area contributed by atoms with E-state index in [2.05, 4.69) is 52.3 Å². The van der Waals surface area contributed by atoms with Crippen LogP contribution in [0.5, 0.6) is 0 Å². The molecule has 0 aliphatic carbocycles. The largest absolute Gasteiger partial charge is 0.375 e. The molecule has 0 bridgehead atoms. The molecule has 0 saturated carbocycles. The van der Waals surface area contributed by atoms with Crippen molar-refractivity contribution in [2.75, 3.05) is 37.7 Å². The van der Waals surface area contributed by atoms with Gasteiger partial charge in [0.25, 0.3) is 0 Å². The Morgan fingerprint density at radius 2 is 2.24 bits per heavy atom. The van der Waals surface area contributed by atoms with Gasteiger partial charge in [0.05, 0.1) is 24.3 Å². The van der Waals surface area contributed by atoms with E-state index >= 15 is 0 Å². The van der Waals surface area contributed by atoms with Crippen molar-refractivity contribution in [2.24, 2.45) is 4.99 Å². The first-order valence-corrected chi connectivity index (χ1v) is 11.3. The molecule has 1 atom stereocenters. The predicted octanol–water partition coefficient (Wildman–Crippen LogP) is 2.62. The minimum absolute atomic E-state index is 0.239. The number of morpholine rings is 1. The van der Waals surface area contributed by atoms with Gasteiger partial charge < -0.3 is 20.3 Å². The van der Waals surface area contributed by atoms with E-state index in [4.69, 9.17) is 9.73 Å². The summed E-state index contributed by atoms with van der Waals surface area (Å²) in [7, 11) is 0. The minimum Gasteiger partial charge on any atom is -0.375 e. The van der Waals surface area contributed by atoms with Crippen LogP contribution in [-0.4, -0.2) is 54.8 Å². The molecule has 158 valence electrons. The fraction of sp³-hybridized carbons (Fsp3) is 0.571. The number of nitrogens with zero attached hydrogens (tertiary/aromatic N) is 4. The molecular weight excluding hydrogens is 384 g/mol. The number of thiazole rings is 1. The van der Waals surface area contributed by atoms with Gasteiger partial charge in [-0.15, -0.1) is 11.3 Å². The maximum Gasteiger partial charge on any atom is 0.191 e. The molecule has 2 aromatic rings. The van der Waals surface area contributed by atoms with Gasteiger partial charge in [0.15, 0.2) is 5.96 Å². The second-order valence-corrected chi connectivity index (χ2v) is 8.30. The van der Waals surface area contributed by atoms with E-state index < -0.39 is 0 Å². The zero-order valence-corrected chi connectivity index (χ0v) is 18.5. The van der Waals surface area contributed by atoms with Crippen LogP contribution in [0.25, 0.3) is 0 Å². The molecule has 1 unspecified atom stereocenters. The van der Waals surface area contributed by atoms with Gasteiger partial charge in [0.2, 0.25) is 0 Å². The Bertz CT molecular complexity index is 793. The molecule has 3 heterocycles. The molecule has 1 saturated heterocycles. The number of aliphatic imine (C=N–C) groups is 1. The van der Waals surface area contributed by atoms with Gasteiger partial charge in [-0.1, -0.05) is 6.92 Å². The lowest BCUT2D eigenvalue weighted by atomic mass is 10.2. The molecule has 8 heteroatoms. The number of aryl methyl sites for hydroxylation is 1. The van der Waals surface area contributed by atoms with Crippen LogP contribution in [-0.2, 0) is 24.1 Å². The molecule has 1 aliphatic rings.